The number of rotatable bonds is 7. The highest BCUT2D eigenvalue weighted by Crippen LogP contribution is 2.23. The SMILES string of the molecule is CCNC(=NCc1nc(C)c(C)o1)NCCc1csc(-c2ccccc2)n1. The molecule has 0 radical (unpaired) electrons. The number of thiazole rings is 1. The standard InChI is InChI=1S/C20H25N5OS/c1-4-21-20(23-12-18-24-14(2)15(3)26-18)22-11-10-17-13-27-19(25-17)16-8-6-5-7-9-16/h5-9,13H,4,10-12H2,1-3H3,(H2,21,22,23). The fraction of sp³-hybridized carbons (Fsp3) is 0.350. The molecule has 0 saturated carbocycles. The minimum absolute atomic E-state index is 0.416. The van der Waals surface area contributed by atoms with Gasteiger partial charge in [-0.25, -0.2) is 15.0 Å². The minimum atomic E-state index is 0.416. The van der Waals surface area contributed by atoms with E-state index in [1.807, 2.05) is 39.0 Å². The van der Waals surface area contributed by atoms with Crippen molar-refractivity contribution in [3.8, 4) is 10.6 Å². The second-order valence-electron chi connectivity index (χ2n) is 6.13. The summed E-state index contributed by atoms with van der Waals surface area (Å²) in [6, 6.07) is 10.3. The van der Waals surface area contributed by atoms with E-state index in [0.717, 1.165) is 53.2 Å². The molecular weight excluding hydrogens is 358 g/mol. The second-order valence-corrected chi connectivity index (χ2v) is 6.99. The van der Waals surface area contributed by atoms with E-state index in [1.54, 1.807) is 11.3 Å². The molecule has 142 valence electrons. The van der Waals surface area contributed by atoms with Gasteiger partial charge in [-0.3, -0.25) is 0 Å². The molecule has 3 aromatic rings. The Labute approximate surface area is 163 Å². The van der Waals surface area contributed by atoms with Crippen LogP contribution in [0.2, 0.25) is 0 Å². The molecule has 6 nitrogen and oxygen atoms in total. The smallest absolute Gasteiger partial charge is 0.216 e. The van der Waals surface area contributed by atoms with E-state index in [-0.39, 0.29) is 0 Å². The summed E-state index contributed by atoms with van der Waals surface area (Å²) >= 11 is 1.68. The summed E-state index contributed by atoms with van der Waals surface area (Å²) in [5.41, 5.74) is 3.16. The van der Waals surface area contributed by atoms with Crippen LogP contribution < -0.4 is 10.6 Å². The van der Waals surface area contributed by atoms with Gasteiger partial charge in [-0.15, -0.1) is 11.3 Å². The lowest BCUT2D eigenvalue weighted by molar-refractivity contribution is 0.473. The fourth-order valence-electron chi connectivity index (χ4n) is 2.54. The molecule has 2 N–H and O–H groups in total. The molecule has 0 unspecified atom stereocenters. The molecule has 7 heteroatoms. The summed E-state index contributed by atoms with van der Waals surface area (Å²) in [6.45, 7) is 7.86. The Morgan fingerprint density at radius 3 is 2.67 bits per heavy atom. The highest BCUT2D eigenvalue weighted by molar-refractivity contribution is 7.13. The van der Waals surface area contributed by atoms with Crippen LogP contribution in [0.15, 0.2) is 45.1 Å². The third-order valence-corrected chi connectivity index (χ3v) is 4.98. The Morgan fingerprint density at radius 2 is 1.96 bits per heavy atom. The largest absolute Gasteiger partial charge is 0.444 e. The molecule has 0 aliphatic carbocycles. The van der Waals surface area contributed by atoms with Gasteiger partial charge in [0.25, 0.3) is 0 Å². The number of nitrogens with zero attached hydrogens (tertiary/aromatic N) is 3. The van der Waals surface area contributed by atoms with Crippen molar-refractivity contribution in [1.29, 1.82) is 0 Å². The first-order valence-electron chi connectivity index (χ1n) is 9.10. The monoisotopic (exact) mass is 383 g/mol. The van der Waals surface area contributed by atoms with Crippen LogP contribution in [0.1, 0.15) is 30.0 Å². The molecule has 2 aromatic heterocycles. The average molecular weight is 384 g/mol. The van der Waals surface area contributed by atoms with Crippen molar-refractivity contribution in [2.45, 2.75) is 33.7 Å². The Morgan fingerprint density at radius 1 is 1.15 bits per heavy atom. The van der Waals surface area contributed by atoms with Gasteiger partial charge in [-0.05, 0) is 20.8 Å². The van der Waals surface area contributed by atoms with Crippen molar-refractivity contribution in [3.05, 3.63) is 58.8 Å². The van der Waals surface area contributed by atoms with Gasteiger partial charge in [0.05, 0.1) is 11.4 Å². The van der Waals surface area contributed by atoms with Crippen LogP contribution in [-0.2, 0) is 13.0 Å². The molecule has 0 atom stereocenters. The predicted molar refractivity (Wildman–Crippen MR) is 110 cm³/mol. The van der Waals surface area contributed by atoms with E-state index in [2.05, 4.69) is 38.1 Å². The lowest BCUT2D eigenvalue weighted by atomic mass is 10.2. The van der Waals surface area contributed by atoms with Crippen LogP contribution in [0, 0.1) is 13.8 Å². The summed E-state index contributed by atoms with van der Waals surface area (Å²) in [5.74, 6) is 2.23. The second kappa shape index (κ2) is 9.32. The quantitative estimate of drug-likeness (QED) is 0.480. The molecule has 0 aliphatic rings. The lowest BCUT2D eigenvalue weighted by Gasteiger charge is -2.10. The number of benzene rings is 1. The number of guanidine groups is 1. The zero-order valence-corrected chi connectivity index (χ0v) is 16.8. The maximum Gasteiger partial charge on any atom is 0.216 e. The van der Waals surface area contributed by atoms with Crippen molar-refractivity contribution in [3.63, 3.8) is 0 Å². The summed E-state index contributed by atoms with van der Waals surface area (Å²) in [4.78, 5) is 13.6. The average Bonchev–Trinajstić information content (AvgIpc) is 3.27. The topological polar surface area (TPSA) is 75.3 Å². The summed E-state index contributed by atoms with van der Waals surface area (Å²) in [7, 11) is 0. The summed E-state index contributed by atoms with van der Waals surface area (Å²) < 4.78 is 5.58. The molecule has 0 amide bonds. The van der Waals surface area contributed by atoms with E-state index in [1.165, 1.54) is 0 Å². The van der Waals surface area contributed by atoms with Crippen molar-refractivity contribution in [2.75, 3.05) is 13.1 Å². The third kappa shape index (κ3) is 5.40. The molecule has 0 aliphatic heterocycles. The number of hydrogen-bond acceptors (Lipinski definition) is 5. The van der Waals surface area contributed by atoms with Crippen LogP contribution in [0.3, 0.4) is 0 Å². The highest BCUT2D eigenvalue weighted by Gasteiger charge is 2.07. The van der Waals surface area contributed by atoms with E-state index in [4.69, 9.17) is 9.40 Å². The first-order chi connectivity index (χ1) is 13.2. The van der Waals surface area contributed by atoms with E-state index in [9.17, 15) is 0 Å². The molecule has 0 bridgehead atoms. The number of nitrogens with one attached hydrogen (secondary N) is 2. The normalized spacial score (nSPS) is 11.6. The number of aliphatic imine (C=N–C) groups is 1. The Kier molecular flexibility index (Phi) is 6.59. The zero-order chi connectivity index (χ0) is 19.1. The van der Waals surface area contributed by atoms with Gasteiger partial charge in [-0.1, -0.05) is 30.3 Å². The van der Waals surface area contributed by atoms with Gasteiger partial charge in [0.2, 0.25) is 5.89 Å². The van der Waals surface area contributed by atoms with Crippen LogP contribution in [-0.4, -0.2) is 29.0 Å². The third-order valence-electron chi connectivity index (χ3n) is 4.04. The fourth-order valence-corrected chi connectivity index (χ4v) is 3.40. The van der Waals surface area contributed by atoms with Crippen molar-refractivity contribution in [1.82, 2.24) is 20.6 Å². The molecule has 0 saturated heterocycles. The first-order valence-corrected chi connectivity index (χ1v) is 9.98. The summed E-state index contributed by atoms with van der Waals surface area (Å²) in [5, 5.41) is 9.76. The Balaban J connectivity index is 1.53. The van der Waals surface area contributed by atoms with Crippen molar-refractivity contribution in [2.24, 2.45) is 4.99 Å². The zero-order valence-electron chi connectivity index (χ0n) is 16.0. The molecular formula is C20H25N5OS. The summed E-state index contributed by atoms with van der Waals surface area (Å²) in [6.07, 6.45) is 0.838. The minimum Gasteiger partial charge on any atom is -0.444 e. The van der Waals surface area contributed by atoms with Crippen LogP contribution in [0.4, 0.5) is 0 Å². The van der Waals surface area contributed by atoms with E-state index >= 15 is 0 Å². The number of aryl methyl sites for hydroxylation is 2. The molecule has 0 fully saturated rings. The van der Waals surface area contributed by atoms with Crippen molar-refractivity contribution >= 4 is 17.3 Å². The van der Waals surface area contributed by atoms with Gasteiger partial charge >= 0.3 is 0 Å². The van der Waals surface area contributed by atoms with Crippen molar-refractivity contribution < 1.29 is 4.42 Å². The van der Waals surface area contributed by atoms with E-state index in [0.29, 0.717) is 12.4 Å². The van der Waals surface area contributed by atoms with E-state index < -0.39 is 0 Å². The van der Waals surface area contributed by atoms with Crippen LogP contribution in [0.25, 0.3) is 10.6 Å². The first kappa shape index (κ1) is 19.1. The molecule has 27 heavy (non-hydrogen) atoms. The molecule has 3 rings (SSSR count). The molecule has 0 spiro atoms. The van der Waals surface area contributed by atoms with Crippen LogP contribution >= 0.6 is 11.3 Å². The number of aromatic nitrogens is 2. The molecule has 1 aromatic carbocycles. The van der Waals surface area contributed by atoms with Gasteiger partial charge in [0, 0.05) is 30.5 Å². The van der Waals surface area contributed by atoms with Crippen LogP contribution in [0.5, 0.6) is 0 Å². The number of hydrogen-bond donors (Lipinski definition) is 2. The maximum absolute atomic E-state index is 5.58. The molecule has 2 heterocycles. The predicted octanol–water partition coefficient (Wildman–Crippen LogP) is 3.71. The van der Waals surface area contributed by atoms with Gasteiger partial charge < -0.3 is 15.1 Å². The lowest BCUT2D eigenvalue weighted by Crippen LogP contribution is -2.38. The Hall–Kier alpha value is -2.67. The van der Waals surface area contributed by atoms with Gasteiger partial charge in [0.15, 0.2) is 5.96 Å². The Bertz CT molecular complexity index is 865. The number of oxazole rings is 1. The van der Waals surface area contributed by atoms with Gasteiger partial charge in [-0.2, -0.15) is 0 Å². The highest BCUT2D eigenvalue weighted by atomic mass is 32.1. The maximum atomic E-state index is 5.58. The van der Waals surface area contributed by atoms with Gasteiger partial charge in [0.1, 0.15) is 17.3 Å².